The molecule has 15 heavy (non-hydrogen) atoms. The van der Waals surface area contributed by atoms with E-state index in [1.807, 2.05) is 13.8 Å². The summed E-state index contributed by atoms with van der Waals surface area (Å²) in [4.78, 5) is 11.4. The molecule has 0 spiro atoms. The lowest BCUT2D eigenvalue weighted by Crippen LogP contribution is -2.42. The van der Waals surface area contributed by atoms with Gasteiger partial charge in [0.1, 0.15) is 0 Å². The molecule has 0 aliphatic carbocycles. The van der Waals surface area contributed by atoms with Gasteiger partial charge >= 0.3 is 0 Å². The Labute approximate surface area is 92.2 Å². The monoisotopic (exact) mass is 216 g/mol. The van der Waals surface area contributed by atoms with Crippen LogP contribution in [-0.2, 0) is 4.79 Å². The summed E-state index contributed by atoms with van der Waals surface area (Å²) < 4.78 is 0. The standard InChI is InChI=1S/C11H24N2O2/c1-4-5-10(12)11(15)13-7-8(2)6-9(3)14/h8-10,14H,4-7,12H2,1-3H3,(H,13,15). The van der Waals surface area contributed by atoms with E-state index in [4.69, 9.17) is 10.8 Å². The third-order valence-corrected chi connectivity index (χ3v) is 2.30. The third-order valence-electron chi connectivity index (χ3n) is 2.30. The predicted octanol–water partition coefficient (Wildman–Crippen LogP) is 0.637. The number of aliphatic hydroxyl groups is 1. The van der Waals surface area contributed by atoms with Crippen LogP contribution in [0.3, 0.4) is 0 Å². The van der Waals surface area contributed by atoms with E-state index in [0.29, 0.717) is 13.0 Å². The van der Waals surface area contributed by atoms with Gasteiger partial charge in [-0.05, 0) is 25.7 Å². The molecule has 0 aliphatic heterocycles. The molecular formula is C11H24N2O2. The molecule has 0 radical (unpaired) electrons. The summed E-state index contributed by atoms with van der Waals surface area (Å²) in [6.45, 7) is 6.34. The van der Waals surface area contributed by atoms with Gasteiger partial charge in [0.2, 0.25) is 5.91 Å². The summed E-state index contributed by atoms with van der Waals surface area (Å²) in [5.41, 5.74) is 5.65. The van der Waals surface area contributed by atoms with Gasteiger partial charge in [-0.15, -0.1) is 0 Å². The maximum absolute atomic E-state index is 11.4. The van der Waals surface area contributed by atoms with Gasteiger partial charge < -0.3 is 16.2 Å². The summed E-state index contributed by atoms with van der Waals surface area (Å²) in [5, 5.41) is 11.9. The number of nitrogens with two attached hydrogens (primary N) is 1. The fourth-order valence-corrected chi connectivity index (χ4v) is 1.51. The largest absolute Gasteiger partial charge is 0.393 e. The summed E-state index contributed by atoms with van der Waals surface area (Å²) in [7, 11) is 0. The van der Waals surface area contributed by atoms with E-state index in [2.05, 4.69) is 5.32 Å². The second-order valence-corrected chi connectivity index (χ2v) is 4.33. The zero-order chi connectivity index (χ0) is 11.8. The van der Waals surface area contributed by atoms with Crippen LogP contribution in [0.4, 0.5) is 0 Å². The molecule has 0 aromatic rings. The van der Waals surface area contributed by atoms with E-state index in [-0.39, 0.29) is 17.9 Å². The number of hydrogen-bond acceptors (Lipinski definition) is 3. The number of aliphatic hydroxyl groups excluding tert-OH is 1. The SMILES string of the molecule is CCCC(N)C(=O)NCC(C)CC(C)O. The van der Waals surface area contributed by atoms with Gasteiger partial charge in [0, 0.05) is 6.54 Å². The quantitative estimate of drug-likeness (QED) is 0.584. The van der Waals surface area contributed by atoms with Gasteiger partial charge in [-0.1, -0.05) is 20.3 Å². The molecule has 4 nitrogen and oxygen atoms in total. The molecule has 90 valence electrons. The lowest BCUT2D eigenvalue weighted by atomic mass is 10.0. The molecule has 0 saturated carbocycles. The van der Waals surface area contributed by atoms with Crippen LogP contribution in [0.1, 0.15) is 40.0 Å². The third kappa shape index (κ3) is 7.33. The Morgan fingerprint density at radius 2 is 2.07 bits per heavy atom. The lowest BCUT2D eigenvalue weighted by molar-refractivity contribution is -0.122. The molecule has 1 amide bonds. The van der Waals surface area contributed by atoms with Crippen molar-refractivity contribution in [2.24, 2.45) is 11.7 Å². The van der Waals surface area contributed by atoms with Gasteiger partial charge in [-0.3, -0.25) is 4.79 Å². The van der Waals surface area contributed by atoms with Crippen molar-refractivity contribution in [1.82, 2.24) is 5.32 Å². The minimum Gasteiger partial charge on any atom is -0.393 e. The van der Waals surface area contributed by atoms with E-state index in [9.17, 15) is 4.79 Å². The normalized spacial score (nSPS) is 16.9. The highest BCUT2D eigenvalue weighted by atomic mass is 16.3. The zero-order valence-electron chi connectivity index (χ0n) is 9.99. The van der Waals surface area contributed by atoms with Crippen molar-refractivity contribution in [1.29, 1.82) is 0 Å². The molecule has 0 aromatic carbocycles. The first-order valence-electron chi connectivity index (χ1n) is 5.68. The summed E-state index contributed by atoms with van der Waals surface area (Å²) in [6.07, 6.45) is 2.01. The van der Waals surface area contributed by atoms with Crippen LogP contribution < -0.4 is 11.1 Å². The molecular weight excluding hydrogens is 192 g/mol. The van der Waals surface area contributed by atoms with E-state index < -0.39 is 6.04 Å². The van der Waals surface area contributed by atoms with Gasteiger partial charge in [-0.2, -0.15) is 0 Å². The van der Waals surface area contributed by atoms with E-state index >= 15 is 0 Å². The first-order chi connectivity index (χ1) is 6.97. The Morgan fingerprint density at radius 1 is 1.47 bits per heavy atom. The van der Waals surface area contributed by atoms with Crippen molar-refractivity contribution in [3.8, 4) is 0 Å². The van der Waals surface area contributed by atoms with Gasteiger partial charge in [-0.25, -0.2) is 0 Å². The highest BCUT2D eigenvalue weighted by Crippen LogP contribution is 2.04. The smallest absolute Gasteiger partial charge is 0.236 e. The van der Waals surface area contributed by atoms with Crippen molar-refractivity contribution in [2.45, 2.75) is 52.2 Å². The fraction of sp³-hybridized carbons (Fsp3) is 0.909. The first-order valence-corrected chi connectivity index (χ1v) is 5.68. The van der Waals surface area contributed by atoms with Crippen LogP contribution in [0, 0.1) is 5.92 Å². The Bertz CT molecular complexity index is 183. The van der Waals surface area contributed by atoms with Gasteiger partial charge in [0.25, 0.3) is 0 Å². The van der Waals surface area contributed by atoms with Crippen LogP contribution in [0.15, 0.2) is 0 Å². The summed E-state index contributed by atoms with van der Waals surface area (Å²) in [6, 6.07) is -0.395. The summed E-state index contributed by atoms with van der Waals surface area (Å²) >= 11 is 0. The maximum atomic E-state index is 11.4. The topological polar surface area (TPSA) is 75.4 Å². The van der Waals surface area contributed by atoms with Crippen molar-refractivity contribution in [3.63, 3.8) is 0 Å². The average molecular weight is 216 g/mol. The number of nitrogens with one attached hydrogen (secondary N) is 1. The molecule has 0 rings (SSSR count). The molecule has 3 atom stereocenters. The number of amides is 1. The molecule has 0 heterocycles. The Morgan fingerprint density at radius 3 is 2.53 bits per heavy atom. The maximum Gasteiger partial charge on any atom is 0.236 e. The second kappa shape index (κ2) is 7.65. The van der Waals surface area contributed by atoms with Crippen molar-refractivity contribution in [2.75, 3.05) is 6.54 Å². The van der Waals surface area contributed by atoms with Crippen LogP contribution in [-0.4, -0.2) is 29.7 Å². The van der Waals surface area contributed by atoms with Crippen molar-refractivity contribution >= 4 is 5.91 Å². The molecule has 0 aromatic heterocycles. The zero-order valence-corrected chi connectivity index (χ0v) is 9.99. The lowest BCUT2D eigenvalue weighted by Gasteiger charge is -2.16. The summed E-state index contributed by atoms with van der Waals surface area (Å²) in [5.74, 6) is 0.192. The van der Waals surface area contributed by atoms with Gasteiger partial charge in [0.15, 0.2) is 0 Å². The van der Waals surface area contributed by atoms with Crippen LogP contribution >= 0.6 is 0 Å². The van der Waals surface area contributed by atoms with Crippen molar-refractivity contribution < 1.29 is 9.90 Å². The van der Waals surface area contributed by atoms with Gasteiger partial charge in [0.05, 0.1) is 12.1 Å². The molecule has 3 unspecified atom stereocenters. The number of hydrogen-bond donors (Lipinski definition) is 3. The first kappa shape index (κ1) is 14.4. The highest BCUT2D eigenvalue weighted by Gasteiger charge is 2.13. The second-order valence-electron chi connectivity index (χ2n) is 4.33. The molecule has 4 N–H and O–H groups in total. The average Bonchev–Trinajstić information content (AvgIpc) is 2.13. The van der Waals surface area contributed by atoms with Crippen molar-refractivity contribution in [3.05, 3.63) is 0 Å². The minimum absolute atomic E-state index is 0.0886. The fourth-order valence-electron chi connectivity index (χ4n) is 1.51. The number of carbonyl (C=O) groups excluding carboxylic acids is 1. The minimum atomic E-state index is -0.395. The Balaban J connectivity index is 3.70. The van der Waals surface area contributed by atoms with E-state index in [1.165, 1.54) is 0 Å². The molecule has 0 saturated heterocycles. The predicted molar refractivity (Wildman–Crippen MR) is 61.4 cm³/mol. The van der Waals surface area contributed by atoms with Crippen LogP contribution in [0.5, 0.6) is 0 Å². The van der Waals surface area contributed by atoms with Crippen LogP contribution in [0.2, 0.25) is 0 Å². The highest BCUT2D eigenvalue weighted by molar-refractivity contribution is 5.81. The number of carbonyl (C=O) groups is 1. The van der Waals surface area contributed by atoms with E-state index in [1.54, 1.807) is 6.92 Å². The van der Waals surface area contributed by atoms with E-state index in [0.717, 1.165) is 12.8 Å². The Hall–Kier alpha value is -0.610. The van der Waals surface area contributed by atoms with Crippen LogP contribution in [0.25, 0.3) is 0 Å². The molecule has 0 fully saturated rings. The molecule has 0 bridgehead atoms. The Kier molecular flexibility index (Phi) is 7.34. The molecule has 4 heteroatoms. The molecule has 0 aliphatic rings. The number of rotatable bonds is 7.